The molecule has 0 aromatic rings. The zero-order valence-corrected chi connectivity index (χ0v) is 16.5. The van der Waals surface area contributed by atoms with Gasteiger partial charge in [0.25, 0.3) is 0 Å². The first-order valence-corrected chi connectivity index (χ1v) is 8.53. The summed E-state index contributed by atoms with van der Waals surface area (Å²) >= 11 is 0. The molecule has 0 fully saturated rings. The van der Waals surface area contributed by atoms with Crippen LogP contribution in [0.25, 0.3) is 0 Å². The number of hydrogen-bond acceptors (Lipinski definition) is 0. The predicted molar refractivity (Wildman–Crippen MR) is 105 cm³/mol. The van der Waals surface area contributed by atoms with Crippen molar-refractivity contribution in [1.29, 1.82) is 0 Å². The summed E-state index contributed by atoms with van der Waals surface area (Å²) in [7, 11) is 0. The van der Waals surface area contributed by atoms with Crippen molar-refractivity contribution in [3.05, 3.63) is 38.0 Å². The number of allylic oxidation sites excluding steroid dienone is 3. The number of unbranched alkanes of at least 4 members (excludes halogenated alkanes) is 3. The van der Waals surface area contributed by atoms with E-state index in [0.29, 0.717) is 11.3 Å². The van der Waals surface area contributed by atoms with E-state index in [2.05, 4.69) is 75.1 Å². The monoisotopic (exact) mass is 296 g/mol. The Morgan fingerprint density at radius 2 is 1.19 bits per heavy atom. The van der Waals surface area contributed by atoms with E-state index in [9.17, 15) is 0 Å². The minimum absolute atomic E-state index is 0.306. The molecule has 0 aliphatic heterocycles. The van der Waals surface area contributed by atoms with Gasteiger partial charge in [0.1, 0.15) is 0 Å². The summed E-state index contributed by atoms with van der Waals surface area (Å²) in [5.41, 5.74) is 0.306. The minimum Gasteiger partial charge on any atom is -0.103 e. The fourth-order valence-electron chi connectivity index (χ4n) is 0.558. The summed E-state index contributed by atoms with van der Waals surface area (Å²) in [4.78, 5) is 0. The largest absolute Gasteiger partial charge is 0.103 e. The number of rotatable bonds is 5. The molecule has 0 heteroatoms. The van der Waals surface area contributed by atoms with Crippen LogP contribution in [0.3, 0.4) is 0 Å². The lowest BCUT2D eigenvalue weighted by atomic mass is 9.98. The molecule has 0 spiro atoms. The maximum Gasteiger partial charge on any atom is -0.0206 e. The molecule has 0 aliphatic carbocycles. The second kappa shape index (κ2) is 24.3. The lowest BCUT2D eigenvalue weighted by molar-refractivity contribution is 0.546. The lowest BCUT2D eigenvalue weighted by Crippen LogP contribution is -1.96. The third-order valence-corrected chi connectivity index (χ3v) is 2.28. The summed E-state index contributed by atoms with van der Waals surface area (Å²) in [6.45, 7) is 27.9. The van der Waals surface area contributed by atoms with E-state index in [1.54, 1.807) is 0 Å². The van der Waals surface area contributed by atoms with Crippen LogP contribution >= 0.6 is 0 Å². The van der Waals surface area contributed by atoms with Crippen LogP contribution in [-0.2, 0) is 0 Å². The first-order valence-electron chi connectivity index (χ1n) is 8.53. The van der Waals surface area contributed by atoms with E-state index in [0.717, 1.165) is 6.42 Å². The molecule has 0 aromatic heterocycles. The molecule has 0 rings (SSSR count). The van der Waals surface area contributed by atoms with Gasteiger partial charge in [0.05, 0.1) is 0 Å². The molecule has 0 saturated carbocycles. The maximum absolute atomic E-state index is 3.63. The van der Waals surface area contributed by atoms with Crippen LogP contribution in [0.4, 0.5) is 0 Å². The third kappa shape index (κ3) is 84.3. The highest BCUT2D eigenvalue weighted by molar-refractivity contribution is 4.82. The topological polar surface area (TPSA) is 0 Å². The molecular weight excluding hydrogens is 252 g/mol. The first-order chi connectivity index (χ1) is 9.66. The molecule has 0 amide bonds. The van der Waals surface area contributed by atoms with E-state index in [1.807, 2.05) is 18.2 Å². The maximum atomic E-state index is 3.63. The Balaban J connectivity index is -0.0000000921. The lowest BCUT2D eigenvalue weighted by Gasteiger charge is -2.08. The van der Waals surface area contributed by atoms with E-state index < -0.39 is 0 Å². The van der Waals surface area contributed by atoms with Crippen molar-refractivity contribution in [2.45, 2.75) is 87.5 Å². The summed E-state index contributed by atoms with van der Waals surface area (Å²) in [5, 5.41) is 0. The molecule has 0 unspecified atom stereocenters. The second-order valence-corrected chi connectivity index (χ2v) is 6.48. The number of hydrogen-bond donors (Lipinski definition) is 0. The molecule has 0 N–H and O–H groups in total. The Morgan fingerprint density at radius 3 is 1.19 bits per heavy atom. The van der Waals surface area contributed by atoms with Crippen LogP contribution in [-0.4, -0.2) is 0 Å². The fourth-order valence-corrected chi connectivity index (χ4v) is 0.558. The van der Waals surface area contributed by atoms with Gasteiger partial charge in [0.15, 0.2) is 0 Å². The Hall–Kier alpha value is -0.780. The van der Waals surface area contributed by atoms with Gasteiger partial charge in [-0.1, -0.05) is 99.3 Å². The Labute approximate surface area is 137 Å². The molecule has 0 aromatic carbocycles. The summed E-state index contributed by atoms with van der Waals surface area (Å²) in [6.07, 6.45) is 12.2. The van der Waals surface area contributed by atoms with Crippen molar-refractivity contribution in [2.75, 3.05) is 0 Å². The molecule has 0 radical (unpaired) electrons. The van der Waals surface area contributed by atoms with Gasteiger partial charge in [-0.2, -0.15) is 0 Å². The van der Waals surface area contributed by atoms with Crippen molar-refractivity contribution >= 4 is 0 Å². The van der Waals surface area contributed by atoms with Crippen LogP contribution in [0.2, 0.25) is 0 Å². The fraction of sp³-hybridized carbons (Fsp3) is 0.714. The summed E-state index contributed by atoms with van der Waals surface area (Å²) < 4.78 is 0. The normalized spacial score (nSPS) is 9.00. The Morgan fingerprint density at radius 1 is 0.857 bits per heavy atom. The van der Waals surface area contributed by atoms with E-state index in [1.165, 1.54) is 25.7 Å². The van der Waals surface area contributed by atoms with Gasteiger partial charge in [-0.05, 0) is 17.8 Å². The second-order valence-electron chi connectivity index (χ2n) is 6.48. The molecule has 0 heterocycles. The zero-order valence-electron chi connectivity index (χ0n) is 16.5. The third-order valence-electron chi connectivity index (χ3n) is 2.28. The summed E-state index contributed by atoms with van der Waals surface area (Å²) in [6, 6.07) is 0. The van der Waals surface area contributed by atoms with Crippen molar-refractivity contribution < 1.29 is 0 Å². The van der Waals surface area contributed by atoms with Crippen LogP contribution in [0.1, 0.15) is 87.5 Å². The quantitative estimate of drug-likeness (QED) is 0.448. The van der Waals surface area contributed by atoms with Crippen LogP contribution in [0.5, 0.6) is 0 Å². The Bertz CT molecular complexity index is 189. The molecule has 0 aliphatic rings. The van der Waals surface area contributed by atoms with Crippen LogP contribution in [0.15, 0.2) is 38.0 Å². The smallest absolute Gasteiger partial charge is 0.0206 e. The highest BCUT2D eigenvalue weighted by Gasteiger charge is 1.99. The highest BCUT2D eigenvalue weighted by Crippen LogP contribution is 2.11. The van der Waals surface area contributed by atoms with Crippen LogP contribution in [0, 0.1) is 11.3 Å². The molecule has 0 atom stereocenters. The van der Waals surface area contributed by atoms with Gasteiger partial charge in [-0.3, -0.25) is 0 Å². The van der Waals surface area contributed by atoms with Crippen molar-refractivity contribution in [3.8, 4) is 0 Å². The van der Waals surface area contributed by atoms with Gasteiger partial charge < -0.3 is 0 Å². The molecule has 0 nitrogen and oxygen atoms in total. The zero-order chi connectivity index (χ0) is 17.7. The first kappa shape index (κ1) is 28.4. The van der Waals surface area contributed by atoms with Crippen molar-refractivity contribution in [3.63, 3.8) is 0 Å². The molecule has 0 saturated heterocycles. The van der Waals surface area contributed by atoms with Gasteiger partial charge in [-0.25, -0.2) is 0 Å². The van der Waals surface area contributed by atoms with Gasteiger partial charge in [-0.15, -0.1) is 19.7 Å². The van der Waals surface area contributed by atoms with Crippen LogP contribution < -0.4 is 0 Å². The Kier molecular flexibility index (Phi) is 32.8. The minimum atomic E-state index is 0.306. The molecular formula is C21H44. The molecule has 21 heavy (non-hydrogen) atoms. The van der Waals surface area contributed by atoms with E-state index in [4.69, 9.17) is 0 Å². The summed E-state index contributed by atoms with van der Waals surface area (Å²) in [5.74, 6) is 0.648. The standard InChI is InChI=1S/C6H12.C5H10.C5H12.C5H10/c1-5-6(2,3)4;1-4-5(2)3;2*1-3-5-4-2/h5H,1H2,2-4H3;4-5H,1H2,2-3H3;3-5H2,1-2H3;3H,1,4-5H2,2H3. The van der Waals surface area contributed by atoms with Gasteiger partial charge in [0, 0.05) is 0 Å². The highest BCUT2D eigenvalue weighted by atomic mass is 14.0. The van der Waals surface area contributed by atoms with E-state index in [-0.39, 0.29) is 0 Å². The average Bonchev–Trinajstić information content (AvgIpc) is 2.42. The van der Waals surface area contributed by atoms with Gasteiger partial charge >= 0.3 is 0 Å². The van der Waals surface area contributed by atoms with E-state index >= 15 is 0 Å². The average molecular weight is 297 g/mol. The van der Waals surface area contributed by atoms with Gasteiger partial charge in [0.2, 0.25) is 0 Å². The molecule has 128 valence electrons. The predicted octanol–water partition coefficient (Wildman–Crippen LogP) is 8.22. The molecule has 0 bridgehead atoms. The van der Waals surface area contributed by atoms with Crippen molar-refractivity contribution in [1.82, 2.24) is 0 Å². The SMILES string of the molecule is C=CC(C)(C)C.C=CC(C)C.C=CCCC.CCCCC. The van der Waals surface area contributed by atoms with Crippen molar-refractivity contribution in [2.24, 2.45) is 11.3 Å².